The van der Waals surface area contributed by atoms with Gasteiger partial charge < -0.3 is 5.32 Å². The van der Waals surface area contributed by atoms with Crippen LogP contribution in [0.1, 0.15) is 25.8 Å². The Hall–Kier alpha value is -2.88. The van der Waals surface area contributed by atoms with Crippen molar-refractivity contribution in [2.75, 3.05) is 0 Å². The van der Waals surface area contributed by atoms with E-state index in [0.29, 0.717) is 6.42 Å². The van der Waals surface area contributed by atoms with E-state index < -0.39 is 0 Å². The highest BCUT2D eigenvalue weighted by molar-refractivity contribution is 5.81. The van der Waals surface area contributed by atoms with Crippen LogP contribution in [0.15, 0.2) is 79.4 Å². The molecule has 0 atom stereocenters. The molecular weight excluding hydrogens is 286 g/mol. The van der Waals surface area contributed by atoms with Crippen LogP contribution in [0.4, 0.5) is 0 Å². The Balaban J connectivity index is 2.72. The first-order valence-electron chi connectivity index (χ1n) is 7.35. The van der Waals surface area contributed by atoms with Crippen molar-refractivity contribution in [1.82, 2.24) is 15.5 Å². The Morgan fingerprint density at radius 1 is 1.35 bits per heavy atom. The topological polar surface area (TPSA) is 57.8 Å². The molecule has 0 fully saturated rings. The summed E-state index contributed by atoms with van der Waals surface area (Å²) < 4.78 is 0. The summed E-state index contributed by atoms with van der Waals surface area (Å²) in [5.41, 5.74) is 3.54. The number of allylic oxidation sites excluding steroid dienone is 9. The number of H-pyrrole nitrogens is 1. The van der Waals surface area contributed by atoms with Crippen LogP contribution in [0.2, 0.25) is 0 Å². The highest BCUT2D eigenvalue weighted by atomic mass is 16.1. The second-order valence-electron chi connectivity index (χ2n) is 4.87. The lowest BCUT2D eigenvalue weighted by atomic mass is 10.1. The predicted molar refractivity (Wildman–Crippen MR) is 96.4 cm³/mol. The summed E-state index contributed by atoms with van der Waals surface area (Å²) in [5.74, 6) is -0.0678. The zero-order chi connectivity index (χ0) is 17.1. The quantitative estimate of drug-likeness (QED) is 0.711. The third kappa shape index (κ3) is 6.61. The minimum absolute atomic E-state index is 0.0678. The van der Waals surface area contributed by atoms with Gasteiger partial charge in [-0.05, 0) is 31.1 Å². The maximum atomic E-state index is 12.0. The molecule has 0 aliphatic carbocycles. The number of hydrogen-bond acceptors (Lipinski definition) is 2. The van der Waals surface area contributed by atoms with E-state index in [9.17, 15) is 4.79 Å². The summed E-state index contributed by atoms with van der Waals surface area (Å²) in [7, 11) is 0. The van der Waals surface area contributed by atoms with Crippen molar-refractivity contribution in [3.8, 4) is 0 Å². The summed E-state index contributed by atoms with van der Waals surface area (Å²) in [4.78, 5) is 12.0. The Bertz CT molecular complexity index is 659. The van der Waals surface area contributed by atoms with Gasteiger partial charge in [0.25, 0.3) is 0 Å². The van der Waals surface area contributed by atoms with Gasteiger partial charge in [0.15, 0.2) is 0 Å². The van der Waals surface area contributed by atoms with E-state index in [4.69, 9.17) is 0 Å². The Morgan fingerprint density at radius 3 is 2.70 bits per heavy atom. The first-order valence-corrected chi connectivity index (χ1v) is 7.35. The summed E-state index contributed by atoms with van der Waals surface area (Å²) in [5, 5.41) is 9.53. The van der Waals surface area contributed by atoms with Gasteiger partial charge in [-0.15, -0.1) is 0 Å². The van der Waals surface area contributed by atoms with Gasteiger partial charge in [-0.1, -0.05) is 49.6 Å². The van der Waals surface area contributed by atoms with Crippen molar-refractivity contribution in [3.05, 3.63) is 84.9 Å². The molecule has 2 N–H and O–H groups in total. The number of amides is 1. The summed E-state index contributed by atoms with van der Waals surface area (Å²) in [6, 6.07) is 0. The fourth-order valence-electron chi connectivity index (χ4n) is 1.94. The lowest BCUT2D eigenvalue weighted by molar-refractivity contribution is -0.119. The molecular formula is C19H23N3O. The highest BCUT2D eigenvalue weighted by Crippen LogP contribution is 2.13. The lowest BCUT2D eigenvalue weighted by Gasteiger charge is -2.05. The van der Waals surface area contributed by atoms with E-state index in [0.717, 1.165) is 22.4 Å². The van der Waals surface area contributed by atoms with E-state index in [-0.39, 0.29) is 5.91 Å². The molecule has 1 amide bonds. The SMILES string of the molecule is C=C/C=C(\C=C/C)CC(=O)N/C(C)=C/C=C(\C=C)c1cn[nH]c1. The standard InChI is InChI=1S/C19H23N3O/c1-5-8-16(9-6-2)12-19(23)22-15(4)10-11-17(7-3)18-13-20-21-14-18/h5-11,13-14H,1,3,12H2,2,4H3,(H,20,21)(H,22,23)/b9-6-,15-10+,16-8+,17-11+. The molecule has 120 valence electrons. The fraction of sp³-hybridized carbons (Fsp3) is 0.158. The van der Waals surface area contributed by atoms with E-state index in [1.165, 1.54) is 0 Å². The van der Waals surface area contributed by atoms with Crippen molar-refractivity contribution in [3.63, 3.8) is 0 Å². The molecule has 0 aromatic carbocycles. The Labute approximate surface area is 137 Å². The highest BCUT2D eigenvalue weighted by Gasteiger charge is 2.03. The average molecular weight is 309 g/mol. The molecule has 0 spiro atoms. The molecule has 4 heteroatoms. The van der Waals surface area contributed by atoms with Crippen LogP contribution < -0.4 is 5.32 Å². The van der Waals surface area contributed by atoms with Gasteiger partial charge in [0.1, 0.15) is 0 Å². The van der Waals surface area contributed by atoms with Crippen molar-refractivity contribution in [2.45, 2.75) is 20.3 Å². The summed E-state index contributed by atoms with van der Waals surface area (Å²) in [6.07, 6.45) is 16.6. The lowest BCUT2D eigenvalue weighted by Crippen LogP contribution is -2.21. The Kier molecular flexibility index (Phi) is 7.86. The molecule has 0 saturated heterocycles. The third-order valence-electron chi connectivity index (χ3n) is 2.98. The molecule has 1 heterocycles. The molecule has 1 aromatic rings. The Morgan fingerprint density at radius 2 is 2.13 bits per heavy atom. The third-order valence-corrected chi connectivity index (χ3v) is 2.98. The minimum Gasteiger partial charge on any atom is -0.330 e. The maximum Gasteiger partial charge on any atom is 0.228 e. The molecule has 23 heavy (non-hydrogen) atoms. The molecule has 1 aromatic heterocycles. The molecule has 0 bridgehead atoms. The van der Waals surface area contributed by atoms with E-state index in [2.05, 4.69) is 28.7 Å². The number of hydrogen-bond donors (Lipinski definition) is 2. The molecule has 1 rings (SSSR count). The largest absolute Gasteiger partial charge is 0.330 e. The number of aromatic amines is 1. The zero-order valence-electron chi connectivity index (χ0n) is 13.7. The van der Waals surface area contributed by atoms with E-state index in [1.54, 1.807) is 24.5 Å². The summed E-state index contributed by atoms with van der Waals surface area (Å²) >= 11 is 0. The van der Waals surface area contributed by atoms with Crippen LogP contribution >= 0.6 is 0 Å². The molecule has 0 aliphatic rings. The molecule has 0 saturated carbocycles. The van der Waals surface area contributed by atoms with Crippen molar-refractivity contribution in [1.29, 1.82) is 0 Å². The second-order valence-corrected chi connectivity index (χ2v) is 4.87. The van der Waals surface area contributed by atoms with Gasteiger partial charge in [0, 0.05) is 17.5 Å². The number of nitrogens with zero attached hydrogens (tertiary/aromatic N) is 1. The monoisotopic (exact) mass is 309 g/mol. The van der Waals surface area contributed by atoms with Crippen LogP contribution in [0.25, 0.3) is 5.57 Å². The van der Waals surface area contributed by atoms with Crippen molar-refractivity contribution in [2.24, 2.45) is 0 Å². The van der Waals surface area contributed by atoms with Crippen LogP contribution in [-0.4, -0.2) is 16.1 Å². The predicted octanol–water partition coefficient (Wildman–Crippen LogP) is 4.08. The van der Waals surface area contributed by atoms with Gasteiger partial charge in [0.05, 0.1) is 12.6 Å². The number of nitrogens with one attached hydrogen (secondary N) is 2. The van der Waals surface area contributed by atoms with Crippen LogP contribution in [-0.2, 0) is 4.79 Å². The first-order chi connectivity index (χ1) is 11.1. The van der Waals surface area contributed by atoms with Gasteiger partial charge in [0.2, 0.25) is 5.91 Å². The molecule has 0 unspecified atom stereocenters. The van der Waals surface area contributed by atoms with Gasteiger partial charge in [-0.3, -0.25) is 9.89 Å². The maximum absolute atomic E-state index is 12.0. The van der Waals surface area contributed by atoms with E-state index >= 15 is 0 Å². The first kappa shape index (κ1) is 18.2. The van der Waals surface area contributed by atoms with Gasteiger partial charge >= 0.3 is 0 Å². The van der Waals surface area contributed by atoms with E-state index in [1.807, 2.05) is 44.2 Å². The van der Waals surface area contributed by atoms with Crippen LogP contribution in [0.3, 0.4) is 0 Å². The van der Waals surface area contributed by atoms with Gasteiger partial charge in [-0.2, -0.15) is 5.10 Å². The van der Waals surface area contributed by atoms with Crippen molar-refractivity contribution < 1.29 is 4.79 Å². The number of aromatic nitrogens is 2. The summed E-state index contributed by atoms with van der Waals surface area (Å²) in [6.45, 7) is 11.2. The second kappa shape index (κ2) is 9.95. The number of carbonyl (C=O) groups excluding carboxylic acids is 1. The average Bonchev–Trinajstić information content (AvgIpc) is 3.02. The van der Waals surface area contributed by atoms with Crippen LogP contribution in [0, 0.1) is 0 Å². The molecule has 0 aliphatic heterocycles. The zero-order valence-corrected chi connectivity index (χ0v) is 13.7. The fourth-order valence-corrected chi connectivity index (χ4v) is 1.94. The number of carbonyl (C=O) groups is 1. The molecule has 0 radical (unpaired) electrons. The smallest absolute Gasteiger partial charge is 0.228 e. The van der Waals surface area contributed by atoms with Crippen molar-refractivity contribution >= 4 is 11.5 Å². The number of rotatable bonds is 8. The van der Waals surface area contributed by atoms with Crippen LogP contribution in [0.5, 0.6) is 0 Å². The minimum atomic E-state index is -0.0678. The normalized spacial score (nSPS) is 13.2. The van der Waals surface area contributed by atoms with Gasteiger partial charge in [-0.25, -0.2) is 0 Å². The molecule has 4 nitrogen and oxygen atoms in total.